The van der Waals surface area contributed by atoms with E-state index in [1.165, 1.54) is 4.68 Å². The molecule has 0 saturated carbocycles. The van der Waals surface area contributed by atoms with Crippen molar-refractivity contribution in [3.8, 4) is 0 Å². The standard InChI is InChI=1S/C17H20ClN5O4/c1-11-16(23(25)26)12(2)22(20-11)10-15(24)19-14-5-3-4-13(18)17(14)21-6-8-27-9-7-21/h3-5H,6-10H2,1-2H3,(H,19,24). The average Bonchev–Trinajstić information content (AvgIpc) is 2.89. The molecule has 1 amide bonds. The number of nitrogens with one attached hydrogen (secondary N) is 1. The van der Waals surface area contributed by atoms with Crippen molar-refractivity contribution in [1.82, 2.24) is 9.78 Å². The molecule has 1 saturated heterocycles. The second kappa shape index (κ2) is 7.93. The first-order chi connectivity index (χ1) is 12.9. The van der Waals surface area contributed by atoms with Gasteiger partial charge in [-0.3, -0.25) is 19.6 Å². The number of para-hydroxylation sites is 1. The van der Waals surface area contributed by atoms with Gasteiger partial charge in [0.1, 0.15) is 17.9 Å². The molecule has 0 bridgehead atoms. The molecule has 1 aliphatic rings. The Morgan fingerprint density at radius 3 is 2.70 bits per heavy atom. The number of carbonyl (C=O) groups excluding carboxylic acids is 1. The zero-order valence-electron chi connectivity index (χ0n) is 15.1. The number of aryl methyl sites for hydroxylation is 1. The molecule has 0 unspecified atom stereocenters. The van der Waals surface area contributed by atoms with Crippen molar-refractivity contribution < 1.29 is 14.5 Å². The minimum atomic E-state index is -0.487. The normalized spacial score (nSPS) is 14.3. The highest BCUT2D eigenvalue weighted by atomic mass is 35.5. The third-order valence-corrected chi connectivity index (χ3v) is 4.71. The van der Waals surface area contributed by atoms with Gasteiger partial charge in [-0.2, -0.15) is 5.10 Å². The number of rotatable bonds is 5. The van der Waals surface area contributed by atoms with Crippen molar-refractivity contribution in [3.05, 3.63) is 44.7 Å². The molecule has 0 atom stereocenters. The number of morpholine rings is 1. The van der Waals surface area contributed by atoms with E-state index in [1.54, 1.807) is 32.0 Å². The molecule has 27 heavy (non-hydrogen) atoms. The molecule has 144 valence electrons. The molecular formula is C17H20ClN5O4. The summed E-state index contributed by atoms with van der Waals surface area (Å²) in [6.45, 7) is 5.53. The maximum Gasteiger partial charge on any atom is 0.312 e. The molecule has 2 heterocycles. The van der Waals surface area contributed by atoms with Gasteiger partial charge in [0.15, 0.2) is 0 Å². The van der Waals surface area contributed by atoms with Crippen molar-refractivity contribution in [1.29, 1.82) is 0 Å². The van der Waals surface area contributed by atoms with Crippen LogP contribution in [0.2, 0.25) is 5.02 Å². The number of ether oxygens (including phenoxy) is 1. The molecule has 1 aromatic heterocycles. The first kappa shape index (κ1) is 19.1. The number of nitrogens with zero attached hydrogens (tertiary/aromatic N) is 4. The van der Waals surface area contributed by atoms with Gasteiger partial charge in [0.2, 0.25) is 5.91 Å². The van der Waals surface area contributed by atoms with Crippen molar-refractivity contribution >= 4 is 34.6 Å². The quantitative estimate of drug-likeness (QED) is 0.618. The van der Waals surface area contributed by atoms with Gasteiger partial charge in [0.05, 0.1) is 34.5 Å². The summed E-state index contributed by atoms with van der Waals surface area (Å²) >= 11 is 6.36. The van der Waals surface area contributed by atoms with Gasteiger partial charge in [0, 0.05) is 13.1 Å². The fraction of sp³-hybridized carbons (Fsp3) is 0.412. The van der Waals surface area contributed by atoms with Gasteiger partial charge in [-0.15, -0.1) is 0 Å². The molecule has 9 nitrogen and oxygen atoms in total. The fourth-order valence-electron chi connectivity index (χ4n) is 3.16. The molecular weight excluding hydrogens is 374 g/mol. The Hall–Kier alpha value is -2.65. The van der Waals surface area contributed by atoms with Gasteiger partial charge in [-0.05, 0) is 26.0 Å². The summed E-state index contributed by atoms with van der Waals surface area (Å²) in [4.78, 5) is 25.2. The number of hydrogen-bond acceptors (Lipinski definition) is 6. The summed E-state index contributed by atoms with van der Waals surface area (Å²) in [5.74, 6) is -0.340. The molecule has 0 radical (unpaired) electrons. The molecule has 1 fully saturated rings. The van der Waals surface area contributed by atoms with Crippen LogP contribution < -0.4 is 10.2 Å². The predicted octanol–water partition coefficient (Wildman–Crippen LogP) is 2.54. The molecule has 1 N–H and O–H groups in total. The Morgan fingerprint density at radius 1 is 1.37 bits per heavy atom. The second-order valence-corrected chi connectivity index (χ2v) is 6.62. The molecule has 1 aromatic carbocycles. The van der Waals surface area contributed by atoms with Gasteiger partial charge < -0.3 is 15.0 Å². The van der Waals surface area contributed by atoms with Crippen LogP contribution in [-0.2, 0) is 16.1 Å². The van der Waals surface area contributed by atoms with E-state index in [-0.39, 0.29) is 23.8 Å². The van der Waals surface area contributed by atoms with Crippen LogP contribution in [0.1, 0.15) is 11.4 Å². The number of halogens is 1. The maximum absolute atomic E-state index is 12.5. The van der Waals surface area contributed by atoms with E-state index < -0.39 is 4.92 Å². The summed E-state index contributed by atoms with van der Waals surface area (Å²) < 4.78 is 6.70. The number of aromatic nitrogens is 2. The zero-order chi connectivity index (χ0) is 19.6. The number of carbonyl (C=O) groups is 1. The Bertz CT molecular complexity index is 876. The lowest BCUT2D eigenvalue weighted by atomic mass is 10.2. The Labute approximate surface area is 161 Å². The lowest BCUT2D eigenvalue weighted by Crippen LogP contribution is -2.37. The highest BCUT2D eigenvalue weighted by molar-refractivity contribution is 6.34. The highest BCUT2D eigenvalue weighted by Crippen LogP contribution is 2.34. The monoisotopic (exact) mass is 393 g/mol. The molecule has 10 heteroatoms. The van der Waals surface area contributed by atoms with Crippen LogP contribution in [0.4, 0.5) is 17.1 Å². The SMILES string of the molecule is Cc1nn(CC(=O)Nc2cccc(Cl)c2N2CCOCC2)c(C)c1[N+](=O)[O-]. The zero-order valence-corrected chi connectivity index (χ0v) is 15.8. The second-order valence-electron chi connectivity index (χ2n) is 6.22. The number of benzene rings is 1. The van der Waals surface area contributed by atoms with Gasteiger partial charge in [-0.25, -0.2) is 0 Å². The average molecular weight is 394 g/mol. The third-order valence-electron chi connectivity index (χ3n) is 4.41. The van der Waals surface area contributed by atoms with E-state index in [9.17, 15) is 14.9 Å². The van der Waals surface area contributed by atoms with Crippen LogP contribution in [0.5, 0.6) is 0 Å². The molecule has 3 rings (SSSR count). The summed E-state index contributed by atoms with van der Waals surface area (Å²) in [5, 5.41) is 18.6. The van der Waals surface area contributed by atoms with Crippen molar-refractivity contribution in [2.24, 2.45) is 0 Å². The lowest BCUT2D eigenvalue weighted by Gasteiger charge is -2.31. The number of nitro groups is 1. The Kier molecular flexibility index (Phi) is 5.62. The van der Waals surface area contributed by atoms with Crippen LogP contribution in [0, 0.1) is 24.0 Å². The minimum absolute atomic E-state index is 0.0699. The third kappa shape index (κ3) is 4.04. The predicted molar refractivity (Wildman–Crippen MR) is 101 cm³/mol. The van der Waals surface area contributed by atoms with E-state index in [1.807, 2.05) is 0 Å². The summed E-state index contributed by atoms with van der Waals surface area (Å²) in [6.07, 6.45) is 0. The van der Waals surface area contributed by atoms with E-state index in [0.29, 0.717) is 42.7 Å². The van der Waals surface area contributed by atoms with Gasteiger partial charge in [0.25, 0.3) is 0 Å². The Balaban J connectivity index is 1.80. The highest BCUT2D eigenvalue weighted by Gasteiger charge is 2.24. The number of hydrogen-bond donors (Lipinski definition) is 1. The Morgan fingerprint density at radius 2 is 2.07 bits per heavy atom. The van der Waals surface area contributed by atoms with Crippen LogP contribution in [0.25, 0.3) is 0 Å². The van der Waals surface area contributed by atoms with Crippen molar-refractivity contribution in [2.45, 2.75) is 20.4 Å². The molecule has 0 spiro atoms. The largest absolute Gasteiger partial charge is 0.378 e. The first-order valence-electron chi connectivity index (χ1n) is 8.48. The van der Waals surface area contributed by atoms with Crippen molar-refractivity contribution in [2.75, 3.05) is 36.5 Å². The van der Waals surface area contributed by atoms with Crippen LogP contribution in [0.3, 0.4) is 0 Å². The summed E-state index contributed by atoms with van der Waals surface area (Å²) in [6, 6.07) is 5.31. The van der Waals surface area contributed by atoms with Gasteiger partial charge >= 0.3 is 5.69 Å². The van der Waals surface area contributed by atoms with E-state index in [0.717, 1.165) is 5.69 Å². The van der Waals surface area contributed by atoms with Gasteiger partial charge in [-0.1, -0.05) is 17.7 Å². The van der Waals surface area contributed by atoms with E-state index in [2.05, 4.69) is 15.3 Å². The molecule has 0 aliphatic carbocycles. The molecule has 1 aliphatic heterocycles. The minimum Gasteiger partial charge on any atom is -0.378 e. The first-order valence-corrected chi connectivity index (χ1v) is 8.85. The molecule has 2 aromatic rings. The van der Waals surface area contributed by atoms with Crippen LogP contribution in [0.15, 0.2) is 18.2 Å². The van der Waals surface area contributed by atoms with Crippen molar-refractivity contribution in [3.63, 3.8) is 0 Å². The lowest BCUT2D eigenvalue weighted by molar-refractivity contribution is -0.386. The van der Waals surface area contributed by atoms with Crippen LogP contribution >= 0.6 is 11.6 Å². The fourth-order valence-corrected chi connectivity index (χ4v) is 3.45. The number of amides is 1. The topological polar surface area (TPSA) is 103 Å². The van der Waals surface area contributed by atoms with E-state index in [4.69, 9.17) is 16.3 Å². The smallest absolute Gasteiger partial charge is 0.312 e. The summed E-state index contributed by atoms with van der Waals surface area (Å²) in [7, 11) is 0. The maximum atomic E-state index is 12.5. The summed E-state index contributed by atoms with van der Waals surface area (Å²) in [5.41, 5.74) is 1.88. The van der Waals surface area contributed by atoms with Crippen LogP contribution in [-0.4, -0.2) is 46.9 Å². The number of anilines is 2. The van der Waals surface area contributed by atoms with E-state index >= 15 is 0 Å².